The van der Waals surface area contributed by atoms with Gasteiger partial charge in [-0.25, -0.2) is 4.39 Å². The van der Waals surface area contributed by atoms with Gasteiger partial charge in [-0.3, -0.25) is 9.78 Å². The molecule has 2 aromatic rings. The molecule has 2 rings (SSSR count). The second kappa shape index (κ2) is 5.28. The Morgan fingerprint density at radius 3 is 2.60 bits per heavy atom. The van der Waals surface area contributed by atoms with Crippen molar-refractivity contribution in [3.63, 3.8) is 0 Å². The summed E-state index contributed by atoms with van der Waals surface area (Å²) in [6.45, 7) is 3.88. The summed E-state index contributed by atoms with van der Waals surface area (Å²) in [5.41, 5.74) is 13.8. The van der Waals surface area contributed by atoms with E-state index in [4.69, 9.17) is 11.5 Å². The van der Waals surface area contributed by atoms with Crippen molar-refractivity contribution in [1.29, 1.82) is 0 Å². The molecular formula is C15H16FN3O. The molecule has 0 spiro atoms. The lowest BCUT2D eigenvalue weighted by Gasteiger charge is -2.14. The number of primary amides is 1. The Kier molecular flexibility index (Phi) is 3.70. The van der Waals surface area contributed by atoms with Gasteiger partial charge < -0.3 is 11.5 Å². The van der Waals surface area contributed by atoms with Gasteiger partial charge in [-0.05, 0) is 41.3 Å². The number of carbonyl (C=O) groups is 1. The van der Waals surface area contributed by atoms with Crippen molar-refractivity contribution in [3.8, 4) is 11.1 Å². The average molecular weight is 273 g/mol. The zero-order valence-electron chi connectivity index (χ0n) is 11.4. The van der Waals surface area contributed by atoms with Gasteiger partial charge in [0, 0.05) is 17.4 Å². The Balaban J connectivity index is 2.63. The van der Waals surface area contributed by atoms with E-state index in [0.29, 0.717) is 16.8 Å². The van der Waals surface area contributed by atoms with Gasteiger partial charge in [0.1, 0.15) is 11.5 Å². The van der Waals surface area contributed by atoms with Crippen molar-refractivity contribution in [3.05, 3.63) is 47.5 Å². The Labute approximate surface area is 116 Å². The van der Waals surface area contributed by atoms with Crippen molar-refractivity contribution in [2.45, 2.75) is 19.8 Å². The fraction of sp³-hybridized carbons (Fsp3) is 0.200. The highest BCUT2D eigenvalue weighted by Crippen LogP contribution is 2.33. The summed E-state index contributed by atoms with van der Waals surface area (Å²) in [7, 11) is 0. The summed E-state index contributed by atoms with van der Waals surface area (Å²) in [6, 6.07) is 5.96. The summed E-state index contributed by atoms with van der Waals surface area (Å²) >= 11 is 0. The summed E-state index contributed by atoms with van der Waals surface area (Å²) < 4.78 is 13.7. The zero-order chi connectivity index (χ0) is 14.9. The minimum Gasteiger partial charge on any atom is -0.398 e. The highest BCUT2D eigenvalue weighted by molar-refractivity contribution is 5.92. The van der Waals surface area contributed by atoms with Crippen LogP contribution in [-0.2, 0) is 0 Å². The number of nitrogen functional groups attached to an aromatic ring is 1. The fourth-order valence-electron chi connectivity index (χ4n) is 2.09. The molecule has 0 bridgehead atoms. The number of pyridine rings is 1. The van der Waals surface area contributed by atoms with E-state index in [1.54, 1.807) is 6.07 Å². The predicted molar refractivity (Wildman–Crippen MR) is 76.7 cm³/mol. The van der Waals surface area contributed by atoms with Crippen molar-refractivity contribution in [1.82, 2.24) is 4.98 Å². The highest BCUT2D eigenvalue weighted by Gasteiger charge is 2.14. The number of aromatic nitrogens is 1. The molecular weight excluding hydrogens is 257 g/mol. The number of carbonyl (C=O) groups excluding carboxylic acids is 1. The van der Waals surface area contributed by atoms with Crippen LogP contribution in [0.5, 0.6) is 0 Å². The van der Waals surface area contributed by atoms with Crippen LogP contribution in [-0.4, -0.2) is 10.9 Å². The first-order valence-corrected chi connectivity index (χ1v) is 6.25. The molecule has 0 aliphatic heterocycles. The van der Waals surface area contributed by atoms with E-state index >= 15 is 0 Å². The summed E-state index contributed by atoms with van der Waals surface area (Å²) in [5.74, 6) is -0.900. The van der Waals surface area contributed by atoms with Crippen molar-refractivity contribution >= 4 is 11.6 Å². The third kappa shape index (κ3) is 2.61. The van der Waals surface area contributed by atoms with Crippen LogP contribution in [0.25, 0.3) is 11.1 Å². The van der Waals surface area contributed by atoms with E-state index in [2.05, 4.69) is 4.98 Å². The van der Waals surface area contributed by atoms with E-state index in [-0.39, 0.29) is 17.4 Å². The first-order valence-electron chi connectivity index (χ1n) is 6.25. The maximum absolute atomic E-state index is 13.7. The van der Waals surface area contributed by atoms with Crippen LogP contribution in [0, 0.1) is 5.82 Å². The molecule has 4 nitrogen and oxygen atoms in total. The van der Waals surface area contributed by atoms with Gasteiger partial charge >= 0.3 is 0 Å². The van der Waals surface area contributed by atoms with Crippen molar-refractivity contribution < 1.29 is 9.18 Å². The third-order valence-electron chi connectivity index (χ3n) is 3.12. The molecule has 0 saturated heterocycles. The molecule has 0 atom stereocenters. The maximum Gasteiger partial charge on any atom is 0.267 e. The van der Waals surface area contributed by atoms with Crippen LogP contribution in [0.4, 0.5) is 10.1 Å². The second-order valence-electron chi connectivity index (χ2n) is 4.90. The second-order valence-corrected chi connectivity index (χ2v) is 4.90. The SMILES string of the molecule is CC(C)c1cc(F)cc(-c2ccnc(C(N)=O)c2)c1N. The largest absolute Gasteiger partial charge is 0.398 e. The third-order valence-corrected chi connectivity index (χ3v) is 3.12. The van der Waals surface area contributed by atoms with E-state index < -0.39 is 5.91 Å². The van der Waals surface area contributed by atoms with Crippen LogP contribution >= 0.6 is 0 Å². The number of benzene rings is 1. The number of halogens is 1. The molecule has 0 aliphatic rings. The number of nitrogens with zero attached hydrogens (tertiary/aromatic N) is 1. The summed E-state index contributed by atoms with van der Waals surface area (Å²) in [6.07, 6.45) is 1.45. The fourth-order valence-corrected chi connectivity index (χ4v) is 2.09. The highest BCUT2D eigenvalue weighted by atomic mass is 19.1. The van der Waals surface area contributed by atoms with Crippen molar-refractivity contribution in [2.75, 3.05) is 5.73 Å². The van der Waals surface area contributed by atoms with Gasteiger partial charge in [0.2, 0.25) is 0 Å². The standard InChI is InChI=1S/C15H16FN3O/c1-8(2)11-6-10(16)7-12(14(11)17)9-3-4-19-13(5-9)15(18)20/h3-8H,17H2,1-2H3,(H2,18,20). The molecule has 1 heterocycles. The molecule has 1 aromatic heterocycles. The van der Waals surface area contributed by atoms with Gasteiger partial charge in [-0.1, -0.05) is 13.8 Å². The summed E-state index contributed by atoms with van der Waals surface area (Å²) in [5, 5.41) is 0. The lowest BCUT2D eigenvalue weighted by molar-refractivity contribution is 0.0995. The molecule has 104 valence electrons. The Bertz CT molecular complexity index is 668. The molecule has 4 N–H and O–H groups in total. The van der Waals surface area contributed by atoms with Crippen LogP contribution in [0.1, 0.15) is 35.8 Å². The molecule has 5 heteroatoms. The molecule has 20 heavy (non-hydrogen) atoms. The Hall–Kier alpha value is -2.43. The average Bonchev–Trinajstić information content (AvgIpc) is 2.40. The van der Waals surface area contributed by atoms with Crippen LogP contribution in [0.15, 0.2) is 30.5 Å². The minimum atomic E-state index is -0.633. The molecule has 1 aromatic carbocycles. The molecule has 0 radical (unpaired) electrons. The number of hydrogen-bond donors (Lipinski definition) is 2. The van der Waals surface area contributed by atoms with E-state index in [0.717, 1.165) is 5.56 Å². The number of rotatable bonds is 3. The molecule has 0 fully saturated rings. The lowest BCUT2D eigenvalue weighted by Crippen LogP contribution is -2.12. The summed E-state index contributed by atoms with van der Waals surface area (Å²) in [4.78, 5) is 15.0. The number of amides is 1. The first-order chi connectivity index (χ1) is 9.40. The smallest absolute Gasteiger partial charge is 0.267 e. The van der Waals surface area contributed by atoms with Gasteiger partial charge in [0.05, 0.1) is 0 Å². The van der Waals surface area contributed by atoms with E-state index in [1.165, 1.54) is 24.4 Å². The molecule has 0 aliphatic carbocycles. The molecule has 1 amide bonds. The van der Waals surface area contributed by atoms with Gasteiger partial charge in [-0.15, -0.1) is 0 Å². The van der Waals surface area contributed by atoms with Crippen LogP contribution < -0.4 is 11.5 Å². The topological polar surface area (TPSA) is 82.0 Å². The molecule has 0 unspecified atom stereocenters. The predicted octanol–water partition coefficient (Wildman–Crippen LogP) is 2.69. The number of anilines is 1. The van der Waals surface area contributed by atoms with E-state index in [1.807, 2.05) is 13.8 Å². The van der Waals surface area contributed by atoms with Gasteiger partial charge in [0.25, 0.3) is 5.91 Å². The Morgan fingerprint density at radius 1 is 1.30 bits per heavy atom. The van der Waals surface area contributed by atoms with Gasteiger partial charge in [-0.2, -0.15) is 0 Å². The number of hydrogen-bond acceptors (Lipinski definition) is 3. The normalized spacial score (nSPS) is 10.8. The van der Waals surface area contributed by atoms with E-state index in [9.17, 15) is 9.18 Å². The Morgan fingerprint density at radius 2 is 2.00 bits per heavy atom. The first kappa shape index (κ1) is 14.0. The number of nitrogens with two attached hydrogens (primary N) is 2. The quantitative estimate of drug-likeness (QED) is 0.843. The molecule has 0 saturated carbocycles. The zero-order valence-corrected chi connectivity index (χ0v) is 11.4. The van der Waals surface area contributed by atoms with Crippen molar-refractivity contribution in [2.24, 2.45) is 5.73 Å². The van der Waals surface area contributed by atoms with Crippen LogP contribution in [0.2, 0.25) is 0 Å². The monoisotopic (exact) mass is 273 g/mol. The lowest BCUT2D eigenvalue weighted by atomic mass is 9.94. The van der Waals surface area contributed by atoms with Gasteiger partial charge in [0.15, 0.2) is 0 Å². The van der Waals surface area contributed by atoms with Crippen LogP contribution in [0.3, 0.4) is 0 Å². The minimum absolute atomic E-state index is 0.0990. The maximum atomic E-state index is 13.7.